The van der Waals surface area contributed by atoms with E-state index in [0.717, 1.165) is 25.9 Å². The van der Waals surface area contributed by atoms with Crippen LogP contribution in [0.4, 0.5) is 4.79 Å². The lowest BCUT2D eigenvalue weighted by Crippen LogP contribution is -2.46. The fourth-order valence-corrected chi connectivity index (χ4v) is 2.67. The van der Waals surface area contributed by atoms with Crippen LogP contribution in [0.3, 0.4) is 0 Å². The number of carbonyl (C=O) groups is 1. The van der Waals surface area contributed by atoms with E-state index in [-0.39, 0.29) is 17.7 Å². The number of alkyl carbamates (subject to hydrolysis) is 1. The second kappa shape index (κ2) is 5.53. The van der Waals surface area contributed by atoms with Crippen LogP contribution in [0.2, 0.25) is 0 Å². The van der Waals surface area contributed by atoms with Gasteiger partial charge in [0.15, 0.2) is 0 Å². The van der Waals surface area contributed by atoms with Gasteiger partial charge in [-0.25, -0.2) is 4.79 Å². The van der Waals surface area contributed by atoms with Crippen molar-refractivity contribution in [2.45, 2.75) is 83.2 Å². The smallest absolute Gasteiger partial charge is 0.407 e. The van der Waals surface area contributed by atoms with Crippen LogP contribution in [0, 0.1) is 0 Å². The van der Waals surface area contributed by atoms with Crippen molar-refractivity contribution in [3.05, 3.63) is 0 Å². The van der Waals surface area contributed by atoms with Crippen molar-refractivity contribution >= 4 is 6.09 Å². The van der Waals surface area contributed by atoms with E-state index >= 15 is 0 Å². The first kappa shape index (κ1) is 15.6. The fraction of sp³-hybridized carbons (Fsp3) is 0.933. The molecule has 2 fully saturated rings. The van der Waals surface area contributed by atoms with Gasteiger partial charge < -0.3 is 20.1 Å². The van der Waals surface area contributed by atoms with Gasteiger partial charge in [0.05, 0.1) is 5.60 Å². The molecule has 2 rings (SSSR count). The summed E-state index contributed by atoms with van der Waals surface area (Å²) in [4.78, 5) is 11.7. The molecule has 0 aromatic rings. The molecular formula is C15H28N2O3. The number of nitrogens with one attached hydrogen (secondary N) is 2. The van der Waals surface area contributed by atoms with E-state index in [1.54, 1.807) is 0 Å². The summed E-state index contributed by atoms with van der Waals surface area (Å²) in [6, 6.07) is 1.06. The van der Waals surface area contributed by atoms with Crippen molar-refractivity contribution in [1.29, 1.82) is 0 Å². The first-order valence-electron chi connectivity index (χ1n) is 7.54. The molecule has 0 aromatic heterocycles. The zero-order valence-corrected chi connectivity index (χ0v) is 13.3. The second-order valence-corrected chi connectivity index (χ2v) is 7.56. The maximum absolute atomic E-state index is 11.7. The average molecular weight is 284 g/mol. The molecule has 0 spiro atoms. The maximum Gasteiger partial charge on any atom is 0.407 e. The number of amides is 1. The van der Waals surface area contributed by atoms with E-state index < -0.39 is 5.60 Å². The van der Waals surface area contributed by atoms with Crippen molar-refractivity contribution in [3.63, 3.8) is 0 Å². The highest BCUT2D eigenvalue weighted by Gasteiger charge is 2.41. The molecule has 5 nitrogen and oxygen atoms in total. The molecule has 0 radical (unpaired) electrons. The molecule has 5 heteroatoms. The third kappa shape index (κ3) is 4.94. The van der Waals surface area contributed by atoms with Gasteiger partial charge in [0.1, 0.15) is 5.60 Å². The molecule has 1 aliphatic heterocycles. The highest BCUT2D eigenvalue weighted by Crippen LogP contribution is 2.28. The molecule has 1 aliphatic carbocycles. The Morgan fingerprint density at radius 1 is 1.30 bits per heavy atom. The van der Waals surface area contributed by atoms with Crippen LogP contribution >= 0.6 is 0 Å². The Balaban J connectivity index is 1.69. The minimum absolute atomic E-state index is 0.0428. The second-order valence-electron chi connectivity index (χ2n) is 7.56. The van der Waals surface area contributed by atoms with Crippen molar-refractivity contribution in [1.82, 2.24) is 10.6 Å². The first-order chi connectivity index (χ1) is 9.15. The van der Waals surface area contributed by atoms with Crippen molar-refractivity contribution in [3.8, 4) is 0 Å². The predicted octanol–water partition coefficient (Wildman–Crippen LogP) is 2.20. The molecule has 3 unspecified atom stereocenters. The Labute approximate surface area is 121 Å². The summed E-state index contributed by atoms with van der Waals surface area (Å²) < 4.78 is 11.0. The first-order valence-corrected chi connectivity index (χ1v) is 7.54. The summed E-state index contributed by atoms with van der Waals surface area (Å²) in [5.41, 5.74) is -0.481. The van der Waals surface area contributed by atoms with Crippen LogP contribution in [0.5, 0.6) is 0 Å². The van der Waals surface area contributed by atoms with Crippen LogP contribution < -0.4 is 10.6 Å². The van der Waals surface area contributed by atoms with Gasteiger partial charge in [0, 0.05) is 24.7 Å². The molecule has 20 heavy (non-hydrogen) atoms. The van der Waals surface area contributed by atoms with E-state index in [0.29, 0.717) is 12.1 Å². The summed E-state index contributed by atoms with van der Waals surface area (Å²) in [6.07, 6.45) is 2.72. The van der Waals surface area contributed by atoms with Crippen LogP contribution in [-0.2, 0) is 9.47 Å². The van der Waals surface area contributed by atoms with Gasteiger partial charge in [0.25, 0.3) is 0 Å². The average Bonchev–Trinajstić information content (AvgIpc) is 2.90. The Kier molecular flexibility index (Phi) is 4.30. The molecular weight excluding hydrogens is 256 g/mol. The normalized spacial score (nSPS) is 32.5. The summed E-state index contributed by atoms with van der Waals surface area (Å²) in [5.74, 6) is 0. The third-order valence-corrected chi connectivity index (χ3v) is 3.64. The van der Waals surface area contributed by atoms with Crippen LogP contribution in [0.15, 0.2) is 0 Å². The van der Waals surface area contributed by atoms with Gasteiger partial charge in [0.2, 0.25) is 0 Å². The number of hydrogen-bond acceptors (Lipinski definition) is 4. The Morgan fingerprint density at radius 3 is 2.60 bits per heavy atom. The minimum atomic E-state index is -0.438. The SMILES string of the molecule is CC(C)(C)OC(=O)NC1CC1NC1CCOC(C)(C)C1. The summed E-state index contributed by atoms with van der Waals surface area (Å²) in [7, 11) is 0. The summed E-state index contributed by atoms with van der Waals surface area (Å²) >= 11 is 0. The molecule has 0 bridgehead atoms. The molecule has 2 aliphatic rings. The predicted molar refractivity (Wildman–Crippen MR) is 77.8 cm³/mol. The van der Waals surface area contributed by atoms with Crippen LogP contribution in [0.25, 0.3) is 0 Å². The Hall–Kier alpha value is -0.810. The molecule has 1 heterocycles. The monoisotopic (exact) mass is 284 g/mol. The molecule has 3 atom stereocenters. The molecule has 2 N–H and O–H groups in total. The standard InChI is InChI=1S/C15H28N2O3/c1-14(2,3)20-13(18)17-12-8-11(12)16-10-6-7-19-15(4,5)9-10/h10-12,16H,6-9H2,1-5H3,(H,17,18). The van der Waals surface area contributed by atoms with E-state index in [1.807, 2.05) is 20.8 Å². The number of carbonyl (C=O) groups excluding carboxylic acids is 1. The fourth-order valence-electron chi connectivity index (χ4n) is 2.67. The number of rotatable bonds is 3. The largest absolute Gasteiger partial charge is 0.444 e. The lowest BCUT2D eigenvalue weighted by atomic mass is 9.94. The Morgan fingerprint density at radius 2 is 2.00 bits per heavy atom. The van der Waals surface area contributed by atoms with E-state index in [4.69, 9.17) is 9.47 Å². The molecule has 0 aromatic carbocycles. The van der Waals surface area contributed by atoms with Gasteiger partial charge in [-0.05, 0) is 53.9 Å². The summed E-state index contributed by atoms with van der Waals surface area (Å²) in [5, 5.41) is 6.53. The Bertz CT molecular complexity index is 363. The van der Waals surface area contributed by atoms with Gasteiger partial charge >= 0.3 is 6.09 Å². The lowest BCUT2D eigenvalue weighted by molar-refractivity contribution is -0.0631. The van der Waals surface area contributed by atoms with Gasteiger partial charge in [-0.3, -0.25) is 0 Å². The van der Waals surface area contributed by atoms with Gasteiger partial charge in [-0.1, -0.05) is 0 Å². The van der Waals surface area contributed by atoms with Crippen LogP contribution in [-0.4, -0.2) is 42.0 Å². The molecule has 1 amide bonds. The van der Waals surface area contributed by atoms with E-state index in [9.17, 15) is 4.79 Å². The summed E-state index contributed by atoms with van der Waals surface area (Å²) in [6.45, 7) is 10.7. The zero-order valence-electron chi connectivity index (χ0n) is 13.3. The third-order valence-electron chi connectivity index (χ3n) is 3.64. The maximum atomic E-state index is 11.7. The minimum Gasteiger partial charge on any atom is -0.444 e. The highest BCUT2D eigenvalue weighted by molar-refractivity contribution is 5.68. The molecule has 116 valence electrons. The van der Waals surface area contributed by atoms with Gasteiger partial charge in [-0.2, -0.15) is 0 Å². The van der Waals surface area contributed by atoms with E-state index in [1.165, 1.54) is 0 Å². The number of ether oxygens (including phenoxy) is 2. The van der Waals surface area contributed by atoms with Crippen molar-refractivity contribution < 1.29 is 14.3 Å². The van der Waals surface area contributed by atoms with Crippen molar-refractivity contribution in [2.24, 2.45) is 0 Å². The molecule has 1 saturated carbocycles. The number of hydrogen-bond donors (Lipinski definition) is 2. The molecule has 1 saturated heterocycles. The quantitative estimate of drug-likeness (QED) is 0.834. The van der Waals surface area contributed by atoms with Gasteiger partial charge in [-0.15, -0.1) is 0 Å². The highest BCUT2D eigenvalue weighted by atomic mass is 16.6. The van der Waals surface area contributed by atoms with Crippen LogP contribution in [0.1, 0.15) is 53.9 Å². The topological polar surface area (TPSA) is 59.6 Å². The lowest BCUT2D eigenvalue weighted by Gasteiger charge is -2.36. The van der Waals surface area contributed by atoms with E-state index in [2.05, 4.69) is 24.5 Å². The van der Waals surface area contributed by atoms with Crippen molar-refractivity contribution in [2.75, 3.05) is 6.61 Å². The zero-order chi connectivity index (χ0) is 15.0.